The Bertz CT molecular complexity index is 1020. The van der Waals surface area contributed by atoms with E-state index in [0.29, 0.717) is 28.3 Å². The molecule has 0 bridgehead atoms. The SMILES string of the molecule is COc1cc(NC(=O)c2ccccc2)c(Cl)cc1NC(=O)c1cccc(C)c1. The summed E-state index contributed by atoms with van der Waals surface area (Å²) in [5.74, 6) is -0.186. The number of ether oxygens (including phenoxy) is 1. The van der Waals surface area contributed by atoms with E-state index in [1.807, 2.05) is 25.1 Å². The summed E-state index contributed by atoms with van der Waals surface area (Å²) >= 11 is 6.32. The summed E-state index contributed by atoms with van der Waals surface area (Å²) in [7, 11) is 1.48. The fourth-order valence-corrected chi connectivity index (χ4v) is 2.89. The number of methoxy groups -OCH3 is 1. The van der Waals surface area contributed by atoms with Crippen molar-refractivity contribution in [3.05, 3.63) is 88.4 Å². The molecule has 0 aliphatic rings. The van der Waals surface area contributed by atoms with Crippen LogP contribution >= 0.6 is 11.6 Å². The zero-order valence-corrected chi connectivity index (χ0v) is 16.2. The maximum atomic E-state index is 12.5. The fraction of sp³-hybridized carbons (Fsp3) is 0.0909. The molecule has 3 aromatic carbocycles. The predicted molar refractivity (Wildman–Crippen MR) is 112 cm³/mol. The number of aryl methyl sites for hydroxylation is 1. The second-order valence-electron chi connectivity index (χ2n) is 6.18. The first-order valence-electron chi connectivity index (χ1n) is 8.60. The van der Waals surface area contributed by atoms with Gasteiger partial charge in [-0.3, -0.25) is 9.59 Å². The molecule has 0 saturated carbocycles. The van der Waals surface area contributed by atoms with Crippen LogP contribution in [0.5, 0.6) is 5.75 Å². The molecule has 0 atom stereocenters. The smallest absolute Gasteiger partial charge is 0.255 e. The van der Waals surface area contributed by atoms with Crippen molar-refractivity contribution in [2.45, 2.75) is 6.92 Å². The monoisotopic (exact) mass is 394 g/mol. The number of nitrogens with one attached hydrogen (secondary N) is 2. The lowest BCUT2D eigenvalue weighted by Crippen LogP contribution is -2.14. The van der Waals surface area contributed by atoms with Crippen LogP contribution in [-0.4, -0.2) is 18.9 Å². The molecule has 3 aromatic rings. The summed E-state index contributed by atoms with van der Waals surface area (Å²) < 4.78 is 5.36. The van der Waals surface area contributed by atoms with Crippen molar-refractivity contribution >= 4 is 34.8 Å². The molecule has 0 fully saturated rings. The van der Waals surface area contributed by atoms with Gasteiger partial charge in [0.15, 0.2) is 0 Å². The topological polar surface area (TPSA) is 67.4 Å². The maximum absolute atomic E-state index is 12.5. The molecule has 0 saturated heterocycles. The van der Waals surface area contributed by atoms with E-state index in [-0.39, 0.29) is 16.8 Å². The number of halogens is 1. The first-order valence-corrected chi connectivity index (χ1v) is 8.97. The Hall–Kier alpha value is -3.31. The molecule has 3 rings (SSSR count). The Kier molecular flexibility index (Phi) is 5.96. The summed E-state index contributed by atoms with van der Waals surface area (Å²) in [5, 5.41) is 5.84. The third kappa shape index (κ3) is 4.50. The van der Waals surface area contributed by atoms with Crippen molar-refractivity contribution in [1.29, 1.82) is 0 Å². The maximum Gasteiger partial charge on any atom is 0.255 e. The van der Waals surface area contributed by atoms with Crippen LogP contribution in [0.3, 0.4) is 0 Å². The Labute approximate surface area is 168 Å². The summed E-state index contributed by atoms with van der Waals surface area (Å²) in [5.41, 5.74) is 2.82. The molecule has 0 radical (unpaired) electrons. The van der Waals surface area contributed by atoms with Crippen LogP contribution in [0.15, 0.2) is 66.7 Å². The number of hydrogen-bond acceptors (Lipinski definition) is 3. The quantitative estimate of drug-likeness (QED) is 0.628. The highest BCUT2D eigenvalue weighted by Gasteiger charge is 2.15. The van der Waals surface area contributed by atoms with Crippen LogP contribution in [0.25, 0.3) is 0 Å². The van der Waals surface area contributed by atoms with Gasteiger partial charge < -0.3 is 15.4 Å². The van der Waals surface area contributed by atoms with E-state index in [1.165, 1.54) is 7.11 Å². The zero-order chi connectivity index (χ0) is 20.1. The second kappa shape index (κ2) is 8.59. The number of anilines is 2. The van der Waals surface area contributed by atoms with E-state index < -0.39 is 0 Å². The standard InChI is InChI=1S/C22H19ClN2O3/c1-14-7-6-10-16(11-14)22(27)25-19-12-17(23)18(13-20(19)28-2)24-21(26)15-8-4-3-5-9-15/h3-13H,1-2H3,(H,24,26)(H,25,27). The average Bonchev–Trinajstić information content (AvgIpc) is 2.70. The first kappa shape index (κ1) is 19.5. The zero-order valence-electron chi connectivity index (χ0n) is 15.5. The van der Waals surface area contributed by atoms with Gasteiger partial charge in [-0.15, -0.1) is 0 Å². The molecule has 142 valence electrons. The Morgan fingerprint density at radius 2 is 1.46 bits per heavy atom. The Morgan fingerprint density at radius 3 is 2.14 bits per heavy atom. The lowest BCUT2D eigenvalue weighted by molar-refractivity contribution is 0.101. The molecule has 6 heteroatoms. The molecular formula is C22H19ClN2O3. The van der Waals surface area contributed by atoms with E-state index in [4.69, 9.17) is 16.3 Å². The number of amides is 2. The average molecular weight is 395 g/mol. The van der Waals surface area contributed by atoms with Crippen molar-refractivity contribution in [3.8, 4) is 5.75 Å². The molecule has 28 heavy (non-hydrogen) atoms. The lowest BCUT2D eigenvalue weighted by Gasteiger charge is -2.14. The van der Waals surface area contributed by atoms with Gasteiger partial charge in [0, 0.05) is 17.2 Å². The fourth-order valence-electron chi connectivity index (χ4n) is 2.68. The van der Waals surface area contributed by atoms with Gasteiger partial charge in [-0.25, -0.2) is 0 Å². The highest BCUT2D eigenvalue weighted by atomic mass is 35.5. The van der Waals surface area contributed by atoms with Crippen LogP contribution in [0, 0.1) is 6.92 Å². The van der Waals surface area contributed by atoms with Crippen molar-refractivity contribution in [3.63, 3.8) is 0 Å². The van der Waals surface area contributed by atoms with Crippen LogP contribution in [-0.2, 0) is 0 Å². The van der Waals surface area contributed by atoms with E-state index in [9.17, 15) is 9.59 Å². The summed E-state index contributed by atoms with van der Waals surface area (Å²) in [6.45, 7) is 1.92. The number of rotatable bonds is 5. The molecule has 0 unspecified atom stereocenters. The third-order valence-electron chi connectivity index (χ3n) is 4.10. The molecular weight excluding hydrogens is 376 g/mol. The molecule has 0 aliphatic heterocycles. The van der Waals surface area contributed by atoms with Crippen molar-refractivity contribution in [2.24, 2.45) is 0 Å². The summed E-state index contributed by atoms with van der Waals surface area (Å²) in [4.78, 5) is 24.9. The summed E-state index contributed by atoms with van der Waals surface area (Å²) in [6, 6.07) is 19.2. The predicted octanol–water partition coefficient (Wildman–Crippen LogP) is 5.16. The van der Waals surface area contributed by atoms with Crippen molar-refractivity contribution < 1.29 is 14.3 Å². The largest absolute Gasteiger partial charge is 0.494 e. The molecule has 0 heterocycles. The van der Waals surface area contributed by atoms with E-state index in [2.05, 4.69) is 10.6 Å². The van der Waals surface area contributed by atoms with E-state index in [1.54, 1.807) is 48.5 Å². The normalized spacial score (nSPS) is 10.2. The van der Waals surface area contributed by atoms with Crippen LogP contribution in [0.1, 0.15) is 26.3 Å². The van der Waals surface area contributed by atoms with Crippen LogP contribution in [0.4, 0.5) is 11.4 Å². The van der Waals surface area contributed by atoms with E-state index in [0.717, 1.165) is 5.56 Å². The first-order chi connectivity index (χ1) is 13.5. The lowest BCUT2D eigenvalue weighted by atomic mass is 10.1. The molecule has 2 N–H and O–H groups in total. The minimum absolute atomic E-state index is 0.279. The summed E-state index contributed by atoms with van der Waals surface area (Å²) in [6.07, 6.45) is 0. The van der Waals surface area contributed by atoms with Gasteiger partial charge in [-0.1, -0.05) is 47.5 Å². The Balaban J connectivity index is 1.83. The third-order valence-corrected chi connectivity index (χ3v) is 4.41. The van der Waals surface area contributed by atoms with Gasteiger partial charge in [0.2, 0.25) is 0 Å². The van der Waals surface area contributed by atoms with Gasteiger partial charge in [0.1, 0.15) is 5.75 Å². The Morgan fingerprint density at radius 1 is 0.821 bits per heavy atom. The van der Waals surface area contributed by atoms with Gasteiger partial charge in [-0.05, 0) is 37.3 Å². The van der Waals surface area contributed by atoms with Gasteiger partial charge in [0.05, 0.1) is 23.5 Å². The van der Waals surface area contributed by atoms with Crippen LogP contribution < -0.4 is 15.4 Å². The number of hydrogen-bond donors (Lipinski definition) is 2. The van der Waals surface area contributed by atoms with Crippen molar-refractivity contribution in [2.75, 3.05) is 17.7 Å². The molecule has 2 amide bonds. The molecule has 5 nitrogen and oxygen atoms in total. The number of carbonyl (C=O) groups is 2. The highest BCUT2D eigenvalue weighted by Crippen LogP contribution is 2.35. The van der Waals surface area contributed by atoms with Crippen LogP contribution in [0.2, 0.25) is 5.02 Å². The minimum Gasteiger partial charge on any atom is -0.494 e. The second-order valence-corrected chi connectivity index (χ2v) is 6.58. The highest BCUT2D eigenvalue weighted by molar-refractivity contribution is 6.34. The molecule has 0 aliphatic carbocycles. The molecule has 0 spiro atoms. The van der Waals surface area contributed by atoms with Gasteiger partial charge in [0.25, 0.3) is 11.8 Å². The van der Waals surface area contributed by atoms with E-state index >= 15 is 0 Å². The van der Waals surface area contributed by atoms with Gasteiger partial charge >= 0.3 is 0 Å². The number of carbonyl (C=O) groups excluding carboxylic acids is 2. The van der Waals surface area contributed by atoms with Crippen molar-refractivity contribution in [1.82, 2.24) is 0 Å². The number of benzene rings is 3. The minimum atomic E-state index is -0.291. The molecule has 0 aromatic heterocycles. The van der Waals surface area contributed by atoms with Gasteiger partial charge in [-0.2, -0.15) is 0 Å².